The highest BCUT2D eigenvalue weighted by Gasteiger charge is 2.28. The number of rotatable bonds is 4. The molecular weight excluding hydrogens is 344 g/mol. The monoisotopic (exact) mass is 364 g/mol. The lowest BCUT2D eigenvalue weighted by Crippen LogP contribution is -2.40. The van der Waals surface area contributed by atoms with Crippen molar-refractivity contribution in [2.24, 2.45) is 0 Å². The van der Waals surface area contributed by atoms with Crippen molar-refractivity contribution < 1.29 is 22.7 Å². The minimum absolute atomic E-state index is 0.0435. The van der Waals surface area contributed by atoms with Crippen LogP contribution in [-0.4, -0.2) is 50.0 Å². The zero-order valence-corrected chi connectivity index (χ0v) is 14.9. The number of aromatic nitrogens is 1. The highest BCUT2D eigenvalue weighted by molar-refractivity contribution is 7.89. The van der Waals surface area contributed by atoms with Crippen LogP contribution in [0.2, 0.25) is 0 Å². The van der Waals surface area contributed by atoms with Gasteiger partial charge in [0.2, 0.25) is 10.0 Å². The van der Waals surface area contributed by atoms with Crippen LogP contribution in [0.15, 0.2) is 35.4 Å². The van der Waals surface area contributed by atoms with Crippen molar-refractivity contribution in [1.82, 2.24) is 9.29 Å². The van der Waals surface area contributed by atoms with E-state index in [9.17, 15) is 13.2 Å². The number of esters is 1. The predicted octanol–water partition coefficient (Wildman–Crippen LogP) is 1.87. The number of aryl methyl sites for hydroxylation is 2. The van der Waals surface area contributed by atoms with Gasteiger partial charge in [0.15, 0.2) is 0 Å². The number of nitrogens with one attached hydrogen (secondary N) is 1. The van der Waals surface area contributed by atoms with Crippen LogP contribution in [-0.2, 0) is 14.8 Å². The van der Waals surface area contributed by atoms with Crippen molar-refractivity contribution in [3.63, 3.8) is 0 Å². The highest BCUT2D eigenvalue weighted by Crippen LogP contribution is 2.22. The molecule has 1 N–H and O–H groups in total. The van der Waals surface area contributed by atoms with E-state index in [-0.39, 0.29) is 10.6 Å². The van der Waals surface area contributed by atoms with Gasteiger partial charge in [0.05, 0.1) is 13.2 Å². The molecule has 0 amide bonds. The first-order chi connectivity index (χ1) is 11.9. The maximum atomic E-state index is 12.6. The Hall–Kier alpha value is -2.16. The molecule has 3 rings (SSSR count). The molecule has 0 aliphatic carbocycles. The molecule has 0 bridgehead atoms. The normalized spacial score (nSPS) is 15.9. The number of carbonyl (C=O) groups excluding carboxylic acids is 1. The Morgan fingerprint density at radius 2 is 1.92 bits per heavy atom. The molecule has 0 radical (unpaired) electrons. The Morgan fingerprint density at radius 3 is 2.60 bits per heavy atom. The summed E-state index contributed by atoms with van der Waals surface area (Å²) in [6.45, 7) is 5.13. The van der Waals surface area contributed by atoms with Crippen LogP contribution in [0.4, 0.5) is 0 Å². The third-order valence-corrected chi connectivity index (χ3v) is 5.89. The Bertz CT molecular complexity index is 882. The number of H-pyrrole nitrogens is 1. The molecule has 0 unspecified atom stereocenters. The van der Waals surface area contributed by atoms with Crippen molar-refractivity contribution in [2.75, 3.05) is 26.3 Å². The summed E-state index contributed by atoms with van der Waals surface area (Å²) in [5.74, 6) is -0.182. The SMILES string of the molecule is Cc1ccc(OC(=O)c2cc(S(=O)(=O)N3CCOCC3)c[nH]2)c(C)c1. The van der Waals surface area contributed by atoms with Gasteiger partial charge in [0.1, 0.15) is 16.3 Å². The molecule has 1 saturated heterocycles. The molecule has 1 aromatic carbocycles. The summed E-state index contributed by atoms with van der Waals surface area (Å²) >= 11 is 0. The first-order valence-electron chi connectivity index (χ1n) is 7.93. The average molecular weight is 364 g/mol. The Balaban J connectivity index is 1.77. The van der Waals surface area contributed by atoms with Crippen LogP contribution in [0.1, 0.15) is 21.6 Å². The number of aromatic amines is 1. The molecule has 7 nitrogen and oxygen atoms in total. The lowest BCUT2D eigenvalue weighted by molar-refractivity contribution is 0.0726. The van der Waals surface area contributed by atoms with E-state index in [2.05, 4.69) is 4.98 Å². The van der Waals surface area contributed by atoms with E-state index in [1.165, 1.54) is 16.6 Å². The average Bonchev–Trinajstić information content (AvgIpc) is 3.09. The molecule has 0 atom stereocenters. The number of hydrogen-bond acceptors (Lipinski definition) is 5. The number of sulfonamides is 1. The molecule has 1 aromatic heterocycles. The van der Waals surface area contributed by atoms with E-state index in [1.807, 2.05) is 26.0 Å². The molecule has 25 heavy (non-hydrogen) atoms. The third-order valence-electron chi connectivity index (χ3n) is 4.02. The summed E-state index contributed by atoms with van der Waals surface area (Å²) in [5, 5.41) is 0. The number of carbonyl (C=O) groups is 1. The van der Waals surface area contributed by atoms with Crippen LogP contribution >= 0.6 is 0 Å². The Labute approximate surface area is 146 Å². The molecule has 134 valence electrons. The second-order valence-corrected chi connectivity index (χ2v) is 7.86. The summed E-state index contributed by atoms with van der Waals surface area (Å²) in [6.07, 6.45) is 1.31. The van der Waals surface area contributed by atoms with Crippen LogP contribution in [0.25, 0.3) is 0 Å². The lowest BCUT2D eigenvalue weighted by atomic mass is 10.1. The van der Waals surface area contributed by atoms with Gasteiger partial charge in [-0.25, -0.2) is 13.2 Å². The summed E-state index contributed by atoms with van der Waals surface area (Å²) in [7, 11) is -3.65. The first kappa shape index (κ1) is 17.7. The molecule has 0 spiro atoms. The van der Waals surface area contributed by atoms with Gasteiger partial charge < -0.3 is 14.5 Å². The molecular formula is C17H20N2O5S. The second-order valence-electron chi connectivity index (χ2n) is 5.92. The summed E-state index contributed by atoms with van der Waals surface area (Å²) in [6, 6.07) is 6.78. The van der Waals surface area contributed by atoms with Crippen LogP contribution in [0.5, 0.6) is 5.75 Å². The van der Waals surface area contributed by atoms with Crippen molar-refractivity contribution in [3.05, 3.63) is 47.3 Å². The third kappa shape index (κ3) is 3.76. The molecule has 0 saturated carbocycles. The number of hydrogen-bond donors (Lipinski definition) is 1. The molecule has 1 aliphatic heterocycles. The van der Waals surface area contributed by atoms with E-state index in [0.717, 1.165) is 11.1 Å². The van der Waals surface area contributed by atoms with Crippen molar-refractivity contribution >= 4 is 16.0 Å². The van der Waals surface area contributed by atoms with Gasteiger partial charge in [-0.3, -0.25) is 0 Å². The van der Waals surface area contributed by atoms with E-state index >= 15 is 0 Å². The van der Waals surface area contributed by atoms with E-state index < -0.39 is 16.0 Å². The van der Waals surface area contributed by atoms with Crippen molar-refractivity contribution in [1.29, 1.82) is 0 Å². The smallest absolute Gasteiger partial charge is 0.360 e. The van der Waals surface area contributed by atoms with Gasteiger partial charge >= 0.3 is 5.97 Å². The minimum atomic E-state index is -3.65. The fourth-order valence-electron chi connectivity index (χ4n) is 2.65. The Kier molecular flexibility index (Phi) is 4.94. The van der Waals surface area contributed by atoms with Gasteiger partial charge in [0, 0.05) is 19.3 Å². The number of morpholine rings is 1. The standard InChI is InChI=1S/C17H20N2O5S/c1-12-3-4-16(13(2)9-12)24-17(20)15-10-14(11-18-15)25(21,22)19-5-7-23-8-6-19/h3-4,9-11,18H,5-8H2,1-2H3. The van der Waals surface area contributed by atoms with Gasteiger partial charge in [-0.05, 0) is 31.5 Å². The molecule has 1 fully saturated rings. The molecule has 1 aliphatic rings. The first-order valence-corrected chi connectivity index (χ1v) is 9.38. The zero-order valence-electron chi connectivity index (χ0n) is 14.1. The Morgan fingerprint density at radius 1 is 1.20 bits per heavy atom. The number of nitrogens with zero attached hydrogens (tertiary/aromatic N) is 1. The summed E-state index contributed by atoms with van der Waals surface area (Å²) in [4.78, 5) is 15.0. The van der Waals surface area contributed by atoms with Crippen LogP contribution < -0.4 is 4.74 Å². The lowest BCUT2D eigenvalue weighted by Gasteiger charge is -2.25. The van der Waals surface area contributed by atoms with E-state index in [0.29, 0.717) is 32.1 Å². The summed E-state index contributed by atoms with van der Waals surface area (Å²) in [5.41, 5.74) is 1.99. The largest absolute Gasteiger partial charge is 0.422 e. The molecule has 2 aromatic rings. The quantitative estimate of drug-likeness (QED) is 0.661. The van der Waals surface area contributed by atoms with Crippen LogP contribution in [0, 0.1) is 13.8 Å². The molecule has 8 heteroatoms. The second kappa shape index (κ2) is 6.99. The van der Waals surface area contributed by atoms with Crippen molar-refractivity contribution in [2.45, 2.75) is 18.7 Å². The maximum absolute atomic E-state index is 12.6. The maximum Gasteiger partial charge on any atom is 0.360 e. The summed E-state index contributed by atoms with van der Waals surface area (Å²) < 4.78 is 37.0. The number of ether oxygens (including phenoxy) is 2. The van der Waals surface area contributed by atoms with Crippen molar-refractivity contribution in [3.8, 4) is 5.75 Å². The van der Waals surface area contributed by atoms with Gasteiger partial charge in [-0.15, -0.1) is 0 Å². The number of benzene rings is 1. The fourth-order valence-corrected chi connectivity index (χ4v) is 4.05. The zero-order chi connectivity index (χ0) is 18.0. The van der Waals surface area contributed by atoms with Gasteiger partial charge in [-0.2, -0.15) is 4.31 Å². The predicted molar refractivity (Wildman–Crippen MR) is 91.2 cm³/mol. The van der Waals surface area contributed by atoms with Gasteiger partial charge in [0.25, 0.3) is 0 Å². The topological polar surface area (TPSA) is 88.7 Å². The van der Waals surface area contributed by atoms with Crippen LogP contribution in [0.3, 0.4) is 0 Å². The van der Waals surface area contributed by atoms with E-state index in [1.54, 1.807) is 6.07 Å². The minimum Gasteiger partial charge on any atom is -0.422 e. The van der Waals surface area contributed by atoms with E-state index in [4.69, 9.17) is 9.47 Å². The van der Waals surface area contributed by atoms with Gasteiger partial charge in [-0.1, -0.05) is 17.7 Å². The molecule has 2 heterocycles. The highest BCUT2D eigenvalue weighted by atomic mass is 32.2. The fraction of sp³-hybridized carbons (Fsp3) is 0.353.